The Balaban J connectivity index is 2.01. The Morgan fingerprint density at radius 2 is 2.33 bits per heavy atom. The lowest BCUT2D eigenvalue weighted by Gasteiger charge is -1.94. The lowest BCUT2D eigenvalue weighted by Crippen LogP contribution is -1.82. The van der Waals surface area contributed by atoms with Crippen LogP contribution in [0.2, 0.25) is 0 Å². The molecule has 9 heavy (non-hydrogen) atoms. The summed E-state index contributed by atoms with van der Waals surface area (Å²) in [5.41, 5.74) is 0. The van der Waals surface area contributed by atoms with Gasteiger partial charge < -0.3 is 4.74 Å². The third-order valence-electron chi connectivity index (χ3n) is 1.32. The average molecular weight is 126 g/mol. The fourth-order valence-corrected chi connectivity index (χ4v) is 0.669. The molecule has 0 amide bonds. The molecule has 0 aromatic rings. The summed E-state index contributed by atoms with van der Waals surface area (Å²) in [4.78, 5) is 0. The second kappa shape index (κ2) is 3.02. The van der Waals surface area contributed by atoms with Gasteiger partial charge in [0.15, 0.2) is 0 Å². The van der Waals surface area contributed by atoms with E-state index in [2.05, 4.69) is 26.0 Å². The molecular weight excluding hydrogens is 112 g/mol. The van der Waals surface area contributed by atoms with Crippen LogP contribution in [-0.2, 0) is 4.74 Å². The Bertz CT molecular complexity index is 101. The standard InChI is InChI=1S/C8H14O/c1-7(2)4-3-5-8-6-9-8/h3,5,7-8H,4,6H2,1-2H3/b5-3-. The predicted octanol–water partition coefficient (Wildman–Crippen LogP) is 1.99. The van der Waals surface area contributed by atoms with E-state index in [0.29, 0.717) is 6.10 Å². The third-order valence-corrected chi connectivity index (χ3v) is 1.32. The van der Waals surface area contributed by atoms with Crippen molar-refractivity contribution in [2.45, 2.75) is 26.4 Å². The van der Waals surface area contributed by atoms with Gasteiger partial charge in [-0.25, -0.2) is 0 Å². The fourth-order valence-electron chi connectivity index (χ4n) is 0.669. The van der Waals surface area contributed by atoms with Gasteiger partial charge in [0.05, 0.1) is 12.7 Å². The molecule has 0 N–H and O–H groups in total. The topological polar surface area (TPSA) is 12.5 Å². The molecule has 0 aromatic heterocycles. The number of ether oxygens (including phenoxy) is 1. The van der Waals surface area contributed by atoms with E-state index >= 15 is 0 Å². The molecule has 1 aliphatic rings. The van der Waals surface area contributed by atoms with Gasteiger partial charge in [-0.05, 0) is 12.3 Å². The zero-order valence-corrected chi connectivity index (χ0v) is 6.13. The van der Waals surface area contributed by atoms with Crippen molar-refractivity contribution in [1.82, 2.24) is 0 Å². The molecule has 1 nitrogen and oxygen atoms in total. The van der Waals surface area contributed by atoms with Crippen LogP contribution in [0, 0.1) is 5.92 Å². The maximum atomic E-state index is 5.00. The quantitative estimate of drug-likeness (QED) is 0.416. The molecular formula is C8H14O. The summed E-state index contributed by atoms with van der Waals surface area (Å²) in [5.74, 6) is 0.778. The molecule has 0 aromatic carbocycles. The van der Waals surface area contributed by atoms with Gasteiger partial charge >= 0.3 is 0 Å². The molecule has 0 aliphatic carbocycles. The van der Waals surface area contributed by atoms with Crippen molar-refractivity contribution < 1.29 is 4.74 Å². The predicted molar refractivity (Wildman–Crippen MR) is 38.3 cm³/mol. The van der Waals surface area contributed by atoms with Gasteiger partial charge in [0, 0.05) is 0 Å². The Morgan fingerprint density at radius 1 is 1.67 bits per heavy atom. The van der Waals surface area contributed by atoms with Crippen molar-refractivity contribution in [2.24, 2.45) is 5.92 Å². The average Bonchev–Trinajstić information content (AvgIpc) is 2.48. The Labute approximate surface area is 56.7 Å². The van der Waals surface area contributed by atoms with E-state index < -0.39 is 0 Å². The third kappa shape index (κ3) is 3.31. The highest BCUT2D eigenvalue weighted by atomic mass is 16.6. The van der Waals surface area contributed by atoms with E-state index in [1.165, 1.54) is 6.42 Å². The Kier molecular flexibility index (Phi) is 2.29. The Morgan fingerprint density at radius 3 is 2.78 bits per heavy atom. The summed E-state index contributed by atoms with van der Waals surface area (Å²) in [6.07, 6.45) is 6.01. The summed E-state index contributed by atoms with van der Waals surface area (Å²) in [7, 11) is 0. The molecule has 0 bridgehead atoms. The first kappa shape index (κ1) is 6.81. The van der Waals surface area contributed by atoms with Crippen molar-refractivity contribution in [3.63, 3.8) is 0 Å². The molecule has 0 saturated carbocycles. The van der Waals surface area contributed by atoms with Crippen molar-refractivity contribution >= 4 is 0 Å². The largest absolute Gasteiger partial charge is 0.369 e. The van der Waals surface area contributed by atoms with Crippen LogP contribution in [-0.4, -0.2) is 12.7 Å². The van der Waals surface area contributed by atoms with Crippen molar-refractivity contribution in [1.29, 1.82) is 0 Å². The number of hydrogen-bond acceptors (Lipinski definition) is 1. The first-order valence-electron chi connectivity index (χ1n) is 3.57. The van der Waals surface area contributed by atoms with Crippen LogP contribution < -0.4 is 0 Å². The van der Waals surface area contributed by atoms with Gasteiger partial charge in [-0.2, -0.15) is 0 Å². The first-order valence-corrected chi connectivity index (χ1v) is 3.57. The van der Waals surface area contributed by atoms with Crippen LogP contribution in [0.1, 0.15) is 20.3 Å². The highest BCUT2D eigenvalue weighted by Crippen LogP contribution is 2.11. The lowest BCUT2D eigenvalue weighted by molar-refractivity contribution is 0.439. The number of allylic oxidation sites excluding steroid dienone is 1. The van der Waals surface area contributed by atoms with Crippen LogP contribution >= 0.6 is 0 Å². The Hall–Kier alpha value is -0.300. The molecule has 1 heteroatoms. The van der Waals surface area contributed by atoms with Gasteiger partial charge in [0.2, 0.25) is 0 Å². The molecule has 1 rings (SSSR count). The fraction of sp³-hybridized carbons (Fsp3) is 0.750. The summed E-state index contributed by atoms with van der Waals surface area (Å²) in [6.45, 7) is 5.38. The van der Waals surface area contributed by atoms with E-state index in [1.807, 2.05) is 0 Å². The molecule has 1 saturated heterocycles. The van der Waals surface area contributed by atoms with Crippen LogP contribution in [0.4, 0.5) is 0 Å². The molecule has 0 radical (unpaired) electrons. The number of epoxide rings is 1. The van der Waals surface area contributed by atoms with Crippen LogP contribution in [0.5, 0.6) is 0 Å². The number of hydrogen-bond donors (Lipinski definition) is 0. The van der Waals surface area contributed by atoms with E-state index in [4.69, 9.17) is 4.74 Å². The van der Waals surface area contributed by atoms with Crippen LogP contribution in [0.25, 0.3) is 0 Å². The minimum absolute atomic E-state index is 0.462. The van der Waals surface area contributed by atoms with Crippen molar-refractivity contribution in [2.75, 3.05) is 6.61 Å². The summed E-state index contributed by atoms with van der Waals surface area (Å²) in [5, 5.41) is 0. The second-order valence-corrected chi connectivity index (χ2v) is 2.93. The summed E-state index contributed by atoms with van der Waals surface area (Å²) in [6, 6.07) is 0. The monoisotopic (exact) mass is 126 g/mol. The molecule has 1 fully saturated rings. The molecule has 0 spiro atoms. The molecule has 1 unspecified atom stereocenters. The van der Waals surface area contributed by atoms with Crippen molar-refractivity contribution in [3.05, 3.63) is 12.2 Å². The first-order chi connectivity index (χ1) is 4.29. The van der Waals surface area contributed by atoms with Gasteiger partial charge in [-0.3, -0.25) is 0 Å². The zero-order chi connectivity index (χ0) is 6.69. The van der Waals surface area contributed by atoms with Gasteiger partial charge in [-0.1, -0.05) is 26.0 Å². The normalized spacial score (nSPS) is 25.9. The molecule has 1 atom stereocenters. The maximum absolute atomic E-state index is 5.00. The van der Waals surface area contributed by atoms with Crippen molar-refractivity contribution in [3.8, 4) is 0 Å². The van der Waals surface area contributed by atoms with E-state index in [-0.39, 0.29) is 0 Å². The van der Waals surface area contributed by atoms with Gasteiger partial charge in [0.25, 0.3) is 0 Å². The van der Waals surface area contributed by atoms with Crippen LogP contribution in [0.3, 0.4) is 0 Å². The van der Waals surface area contributed by atoms with E-state index in [0.717, 1.165) is 12.5 Å². The SMILES string of the molecule is CC(C)C/C=C\C1CO1. The highest BCUT2D eigenvalue weighted by Gasteiger charge is 2.17. The molecule has 1 heterocycles. The highest BCUT2D eigenvalue weighted by molar-refractivity contribution is 4.95. The molecule has 1 aliphatic heterocycles. The van der Waals surface area contributed by atoms with E-state index in [9.17, 15) is 0 Å². The van der Waals surface area contributed by atoms with Gasteiger partial charge in [-0.15, -0.1) is 0 Å². The maximum Gasteiger partial charge on any atom is 0.0991 e. The second-order valence-electron chi connectivity index (χ2n) is 2.93. The lowest BCUT2D eigenvalue weighted by atomic mass is 10.1. The minimum atomic E-state index is 0.462. The summed E-state index contributed by atoms with van der Waals surface area (Å²) >= 11 is 0. The van der Waals surface area contributed by atoms with E-state index in [1.54, 1.807) is 0 Å². The van der Waals surface area contributed by atoms with Crippen LogP contribution in [0.15, 0.2) is 12.2 Å². The molecule has 52 valence electrons. The van der Waals surface area contributed by atoms with Gasteiger partial charge in [0.1, 0.15) is 0 Å². The minimum Gasteiger partial charge on any atom is -0.369 e. The summed E-state index contributed by atoms with van der Waals surface area (Å²) < 4.78 is 5.00. The zero-order valence-electron chi connectivity index (χ0n) is 6.13. The smallest absolute Gasteiger partial charge is 0.0991 e. The number of rotatable bonds is 3.